The van der Waals surface area contributed by atoms with E-state index in [9.17, 15) is 0 Å². The van der Waals surface area contributed by atoms with E-state index in [1.807, 2.05) is 0 Å². The summed E-state index contributed by atoms with van der Waals surface area (Å²) in [6, 6.07) is 6.79. The van der Waals surface area contributed by atoms with Crippen LogP contribution in [0.4, 0.5) is 5.69 Å². The highest BCUT2D eigenvalue weighted by Crippen LogP contribution is 2.15. The molecule has 13 heavy (non-hydrogen) atoms. The Morgan fingerprint density at radius 1 is 1.46 bits per heavy atom. The highest BCUT2D eigenvalue weighted by Gasteiger charge is 1.91. The number of aliphatic imine (C=N–C) groups is 1. The Kier molecular flexibility index (Phi) is 3.12. The van der Waals surface area contributed by atoms with Crippen LogP contribution in [0.15, 0.2) is 29.3 Å². The number of hydrogen-bond donors (Lipinski definition) is 2. The molecule has 0 spiro atoms. The van der Waals surface area contributed by atoms with Gasteiger partial charge in [0, 0.05) is 5.02 Å². The van der Waals surface area contributed by atoms with Crippen LogP contribution in [0.5, 0.6) is 0 Å². The second kappa shape index (κ2) is 4.33. The van der Waals surface area contributed by atoms with E-state index in [0.29, 0.717) is 10.7 Å². The van der Waals surface area contributed by atoms with Crippen LogP contribution in [-0.2, 0) is 0 Å². The summed E-state index contributed by atoms with van der Waals surface area (Å²) in [6.45, 7) is 0. The first-order valence-electron chi connectivity index (χ1n) is 3.47. The van der Waals surface area contributed by atoms with Crippen LogP contribution in [0.3, 0.4) is 0 Å². The first-order chi connectivity index (χ1) is 6.22. The molecule has 1 aromatic rings. The second-order valence-corrected chi connectivity index (χ2v) is 2.65. The first-order valence-corrected chi connectivity index (χ1v) is 3.85. The second-order valence-electron chi connectivity index (χ2n) is 2.21. The van der Waals surface area contributed by atoms with Gasteiger partial charge < -0.3 is 5.73 Å². The third kappa shape index (κ3) is 3.01. The van der Waals surface area contributed by atoms with E-state index < -0.39 is 0 Å². The van der Waals surface area contributed by atoms with E-state index in [-0.39, 0.29) is 5.96 Å². The van der Waals surface area contributed by atoms with Crippen LogP contribution in [0.25, 0.3) is 0 Å². The van der Waals surface area contributed by atoms with Gasteiger partial charge in [0.1, 0.15) is 0 Å². The van der Waals surface area contributed by atoms with E-state index in [4.69, 9.17) is 22.6 Å². The Morgan fingerprint density at radius 3 is 2.62 bits per heavy atom. The van der Waals surface area contributed by atoms with Gasteiger partial charge in [-0.15, -0.1) is 0 Å². The molecule has 0 atom stereocenters. The molecule has 5 heteroatoms. The molecule has 0 amide bonds. The van der Waals surface area contributed by atoms with Crippen molar-refractivity contribution in [2.45, 2.75) is 0 Å². The summed E-state index contributed by atoms with van der Waals surface area (Å²) >= 11 is 5.66. The van der Waals surface area contributed by atoms with Crippen molar-refractivity contribution < 1.29 is 0 Å². The number of nitriles is 1. The molecule has 0 aliphatic rings. The highest BCUT2D eigenvalue weighted by molar-refractivity contribution is 6.30. The van der Waals surface area contributed by atoms with Crippen molar-refractivity contribution in [2.75, 3.05) is 0 Å². The number of hydrogen-bond acceptors (Lipinski definition) is 2. The molecule has 0 aliphatic heterocycles. The molecule has 1 aromatic carbocycles. The van der Waals surface area contributed by atoms with Crippen LogP contribution >= 0.6 is 11.6 Å². The van der Waals surface area contributed by atoms with Gasteiger partial charge in [-0.3, -0.25) is 5.32 Å². The molecule has 4 nitrogen and oxygen atoms in total. The molecule has 0 heterocycles. The molecular formula is C8H7ClN4. The Bertz CT molecular complexity index is 349. The predicted octanol–water partition coefficient (Wildman–Crippen LogP) is 1.36. The molecular weight excluding hydrogens is 188 g/mol. The SMILES string of the molecule is N#CNC(N)=Nc1ccc(Cl)cc1. The fourth-order valence-corrected chi connectivity index (χ4v) is 0.866. The van der Waals surface area contributed by atoms with E-state index >= 15 is 0 Å². The topological polar surface area (TPSA) is 74.2 Å². The summed E-state index contributed by atoms with van der Waals surface area (Å²) < 4.78 is 0. The predicted molar refractivity (Wildman–Crippen MR) is 51.5 cm³/mol. The van der Waals surface area contributed by atoms with Crippen molar-refractivity contribution >= 4 is 23.2 Å². The fraction of sp³-hybridized carbons (Fsp3) is 0. The van der Waals surface area contributed by atoms with Crippen molar-refractivity contribution in [1.82, 2.24) is 5.32 Å². The van der Waals surface area contributed by atoms with Gasteiger partial charge in [0.2, 0.25) is 5.96 Å². The van der Waals surface area contributed by atoms with Crippen molar-refractivity contribution in [3.63, 3.8) is 0 Å². The van der Waals surface area contributed by atoms with Gasteiger partial charge in [-0.1, -0.05) is 11.6 Å². The van der Waals surface area contributed by atoms with Crippen LogP contribution < -0.4 is 11.1 Å². The third-order valence-electron chi connectivity index (χ3n) is 1.26. The van der Waals surface area contributed by atoms with Crippen molar-refractivity contribution in [2.24, 2.45) is 10.7 Å². The summed E-state index contributed by atoms with van der Waals surface area (Å²) in [4.78, 5) is 3.89. The van der Waals surface area contributed by atoms with Gasteiger partial charge in [-0.05, 0) is 24.3 Å². The molecule has 0 aliphatic carbocycles. The lowest BCUT2D eigenvalue weighted by Crippen LogP contribution is -2.26. The summed E-state index contributed by atoms with van der Waals surface area (Å²) in [5.74, 6) is 0.0600. The molecule has 0 radical (unpaired) electrons. The lowest BCUT2D eigenvalue weighted by molar-refractivity contribution is 1.22. The van der Waals surface area contributed by atoms with Gasteiger partial charge in [-0.25, -0.2) is 4.99 Å². The Balaban J connectivity index is 2.80. The largest absolute Gasteiger partial charge is 0.369 e. The smallest absolute Gasteiger partial charge is 0.207 e. The molecule has 0 bridgehead atoms. The van der Waals surface area contributed by atoms with Gasteiger partial charge in [-0.2, -0.15) is 5.26 Å². The molecule has 3 N–H and O–H groups in total. The van der Waals surface area contributed by atoms with Crippen LogP contribution in [0, 0.1) is 11.5 Å². The summed E-state index contributed by atoms with van der Waals surface area (Å²) in [5.41, 5.74) is 5.98. The number of rotatable bonds is 1. The molecule has 0 aromatic heterocycles. The zero-order chi connectivity index (χ0) is 9.68. The van der Waals surface area contributed by atoms with E-state index in [2.05, 4.69) is 10.3 Å². The molecule has 1 rings (SSSR count). The zero-order valence-corrected chi connectivity index (χ0v) is 7.42. The average molecular weight is 195 g/mol. The normalized spacial score (nSPS) is 10.6. The lowest BCUT2D eigenvalue weighted by Gasteiger charge is -1.96. The Labute approximate surface area is 80.6 Å². The molecule has 0 saturated heterocycles. The number of halogens is 1. The average Bonchev–Trinajstić information content (AvgIpc) is 2.09. The van der Waals surface area contributed by atoms with Crippen LogP contribution in [0.1, 0.15) is 0 Å². The maximum atomic E-state index is 8.22. The molecule has 0 unspecified atom stereocenters. The number of nitrogens with zero attached hydrogens (tertiary/aromatic N) is 2. The number of benzene rings is 1. The molecule has 66 valence electrons. The first kappa shape index (κ1) is 9.36. The van der Waals surface area contributed by atoms with E-state index in [0.717, 1.165) is 0 Å². The Morgan fingerprint density at radius 2 is 2.08 bits per heavy atom. The highest BCUT2D eigenvalue weighted by atomic mass is 35.5. The lowest BCUT2D eigenvalue weighted by atomic mass is 10.3. The van der Waals surface area contributed by atoms with Crippen LogP contribution in [0.2, 0.25) is 5.02 Å². The Hall–Kier alpha value is -1.73. The maximum Gasteiger partial charge on any atom is 0.207 e. The fourth-order valence-electron chi connectivity index (χ4n) is 0.740. The van der Waals surface area contributed by atoms with Crippen molar-refractivity contribution in [3.8, 4) is 6.19 Å². The van der Waals surface area contributed by atoms with Gasteiger partial charge in [0.25, 0.3) is 0 Å². The maximum absolute atomic E-state index is 8.22. The zero-order valence-electron chi connectivity index (χ0n) is 6.66. The monoisotopic (exact) mass is 194 g/mol. The quantitative estimate of drug-likeness (QED) is 0.307. The summed E-state index contributed by atoms with van der Waals surface area (Å²) in [5, 5.41) is 11.1. The standard InChI is InChI=1S/C8H7ClN4/c9-6-1-3-7(4-2-6)13-8(11)12-5-10/h1-4H,(H3,11,12,13). The molecule has 0 fully saturated rings. The number of nitrogens with one attached hydrogen (secondary N) is 1. The minimum Gasteiger partial charge on any atom is -0.369 e. The van der Waals surface area contributed by atoms with Crippen molar-refractivity contribution in [3.05, 3.63) is 29.3 Å². The van der Waals surface area contributed by atoms with E-state index in [1.165, 1.54) is 0 Å². The molecule has 0 saturated carbocycles. The van der Waals surface area contributed by atoms with Crippen LogP contribution in [-0.4, -0.2) is 5.96 Å². The minimum atomic E-state index is 0.0600. The summed E-state index contributed by atoms with van der Waals surface area (Å²) in [6.07, 6.45) is 1.67. The number of guanidine groups is 1. The third-order valence-corrected chi connectivity index (χ3v) is 1.51. The number of nitrogens with two attached hydrogens (primary N) is 1. The minimum absolute atomic E-state index is 0.0600. The van der Waals surface area contributed by atoms with Gasteiger partial charge >= 0.3 is 0 Å². The summed E-state index contributed by atoms with van der Waals surface area (Å²) in [7, 11) is 0. The van der Waals surface area contributed by atoms with E-state index in [1.54, 1.807) is 30.5 Å². The van der Waals surface area contributed by atoms with Gasteiger partial charge in [0.05, 0.1) is 5.69 Å². The van der Waals surface area contributed by atoms with Gasteiger partial charge in [0.15, 0.2) is 6.19 Å². The van der Waals surface area contributed by atoms with Crippen molar-refractivity contribution in [1.29, 1.82) is 5.26 Å².